The number of amides is 2. The number of benzene rings is 3. The van der Waals surface area contributed by atoms with E-state index in [1.807, 2.05) is 0 Å². The Morgan fingerprint density at radius 1 is 1.06 bits per heavy atom. The summed E-state index contributed by atoms with van der Waals surface area (Å²) >= 11 is 0. The molecule has 0 aliphatic carbocycles. The Balaban J connectivity index is 1.64. The minimum atomic E-state index is -0.471. The van der Waals surface area contributed by atoms with Crippen molar-refractivity contribution in [2.45, 2.75) is 6.54 Å². The molecule has 0 fully saturated rings. The summed E-state index contributed by atoms with van der Waals surface area (Å²) in [5, 5.41) is 5.85. The minimum Gasteiger partial charge on any atom is -0.497 e. The molecule has 0 bridgehead atoms. The lowest BCUT2D eigenvalue weighted by molar-refractivity contribution is 0.251. The Hall–Kier alpha value is -4.20. The predicted molar refractivity (Wildman–Crippen MR) is 116 cm³/mol. The number of rotatable bonds is 5. The minimum absolute atomic E-state index is 0.0206. The number of ether oxygens (including phenoxy) is 1. The Labute approximate surface area is 177 Å². The highest BCUT2D eigenvalue weighted by Crippen LogP contribution is 2.17. The van der Waals surface area contributed by atoms with Crippen LogP contribution < -0.4 is 20.9 Å². The molecule has 2 N–H and O–H groups in total. The van der Waals surface area contributed by atoms with Gasteiger partial charge in [0.25, 0.3) is 5.56 Å². The zero-order valence-corrected chi connectivity index (χ0v) is 16.6. The second-order valence-corrected chi connectivity index (χ2v) is 6.70. The number of carbonyl (C=O) groups excluding carboxylic acids is 1. The number of hydrogen-bond acceptors (Lipinski definition) is 4. The number of halogens is 1. The second-order valence-electron chi connectivity index (χ2n) is 6.70. The molecular weight excluding hydrogens is 399 g/mol. The molecule has 7 nitrogen and oxygen atoms in total. The molecule has 0 saturated carbocycles. The predicted octanol–water partition coefficient (Wildman–Crippen LogP) is 3.86. The quantitative estimate of drug-likeness (QED) is 0.516. The largest absolute Gasteiger partial charge is 0.497 e. The van der Waals surface area contributed by atoms with Crippen LogP contribution in [0.2, 0.25) is 0 Å². The van der Waals surface area contributed by atoms with Crippen LogP contribution in [0, 0.1) is 5.82 Å². The molecular formula is C23H19FN4O3. The van der Waals surface area contributed by atoms with Gasteiger partial charge < -0.3 is 15.4 Å². The summed E-state index contributed by atoms with van der Waals surface area (Å²) in [7, 11) is 1.54. The van der Waals surface area contributed by atoms with E-state index < -0.39 is 11.8 Å². The van der Waals surface area contributed by atoms with Crippen LogP contribution in [0.3, 0.4) is 0 Å². The van der Waals surface area contributed by atoms with Crippen LogP contribution in [-0.4, -0.2) is 22.7 Å². The van der Waals surface area contributed by atoms with Gasteiger partial charge in [-0.2, -0.15) is 0 Å². The van der Waals surface area contributed by atoms with Gasteiger partial charge in [0.2, 0.25) is 0 Å². The van der Waals surface area contributed by atoms with Crippen LogP contribution in [0.5, 0.6) is 5.75 Å². The number of para-hydroxylation sites is 1. The topological polar surface area (TPSA) is 85.2 Å². The lowest BCUT2D eigenvalue weighted by atomic mass is 10.2. The highest BCUT2D eigenvalue weighted by atomic mass is 19.1. The summed E-state index contributed by atoms with van der Waals surface area (Å²) in [6.45, 7) is -0.0206. The molecule has 31 heavy (non-hydrogen) atoms. The van der Waals surface area contributed by atoms with Crippen molar-refractivity contribution in [1.29, 1.82) is 0 Å². The van der Waals surface area contributed by atoms with Crippen molar-refractivity contribution in [1.82, 2.24) is 14.9 Å². The third kappa shape index (κ3) is 4.37. The van der Waals surface area contributed by atoms with Gasteiger partial charge in [-0.3, -0.25) is 9.36 Å². The molecule has 0 aliphatic rings. The zero-order valence-electron chi connectivity index (χ0n) is 16.6. The van der Waals surface area contributed by atoms with Crippen LogP contribution in [-0.2, 0) is 6.54 Å². The van der Waals surface area contributed by atoms with Crippen LogP contribution >= 0.6 is 0 Å². The van der Waals surface area contributed by atoms with Gasteiger partial charge in [0.05, 0.1) is 30.2 Å². The standard InChI is InChI=1S/C23H19FN4O3/c1-31-18-6-4-5-16(13-18)26-23(30)25-14-21-27-20-8-3-2-7-19(20)22(29)28(21)17-11-9-15(24)10-12-17/h2-13H,14H2,1H3,(H2,25,26,30). The first-order valence-electron chi connectivity index (χ1n) is 9.50. The fourth-order valence-electron chi connectivity index (χ4n) is 3.19. The summed E-state index contributed by atoms with van der Waals surface area (Å²) in [6, 6.07) is 18.9. The van der Waals surface area contributed by atoms with E-state index in [1.165, 1.54) is 28.8 Å². The lowest BCUT2D eigenvalue weighted by Gasteiger charge is -2.15. The lowest BCUT2D eigenvalue weighted by Crippen LogP contribution is -2.32. The van der Waals surface area contributed by atoms with Gasteiger partial charge in [-0.25, -0.2) is 14.2 Å². The van der Waals surface area contributed by atoms with Crippen molar-refractivity contribution in [3.63, 3.8) is 0 Å². The molecule has 156 valence electrons. The number of urea groups is 1. The maximum Gasteiger partial charge on any atom is 0.319 e. The third-order valence-corrected chi connectivity index (χ3v) is 4.66. The first-order chi connectivity index (χ1) is 15.0. The van der Waals surface area contributed by atoms with Gasteiger partial charge in [-0.1, -0.05) is 18.2 Å². The summed E-state index contributed by atoms with van der Waals surface area (Å²) < 4.78 is 19.9. The zero-order chi connectivity index (χ0) is 21.8. The molecule has 0 radical (unpaired) electrons. The third-order valence-electron chi connectivity index (χ3n) is 4.66. The molecule has 0 unspecified atom stereocenters. The van der Waals surface area contributed by atoms with E-state index >= 15 is 0 Å². The monoisotopic (exact) mass is 418 g/mol. The number of fused-ring (bicyclic) bond motifs is 1. The second kappa shape index (κ2) is 8.66. The maximum absolute atomic E-state index is 13.4. The van der Waals surface area contributed by atoms with E-state index in [2.05, 4.69) is 15.6 Å². The van der Waals surface area contributed by atoms with Gasteiger partial charge in [-0.15, -0.1) is 0 Å². The molecule has 0 saturated heterocycles. The molecule has 1 heterocycles. The molecule has 8 heteroatoms. The number of methoxy groups -OCH3 is 1. The molecule has 4 rings (SSSR count). The number of nitrogens with one attached hydrogen (secondary N) is 2. The SMILES string of the molecule is COc1cccc(NC(=O)NCc2nc3ccccc3c(=O)n2-c2ccc(F)cc2)c1. The summed E-state index contributed by atoms with van der Waals surface area (Å²) in [4.78, 5) is 30.1. The summed E-state index contributed by atoms with van der Waals surface area (Å²) in [6.07, 6.45) is 0. The number of aromatic nitrogens is 2. The fraction of sp³-hybridized carbons (Fsp3) is 0.0870. The van der Waals surface area contributed by atoms with E-state index in [1.54, 1.807) is 55.6 Å². The molecule has 1 aromatic heterocycles. The highest BCUT2D eigenvalue weighted by Gasteiger charge is 2.14. The van der Waals surface area contributed by atoms with Gasteiger partial charge in [-0.05, 0) is 48.5 Å². The first kappa shape index (κ1) is 20.1. The molecule has 2 amide bonds. The fourth-order valence-corrected chi connectivity index (χ4v) is 3.19. The summed E-state index contributed by atoms with van der Waals surface area (Å²) in [5.74, 6) is 0.512. The van der Waals surface area contributed by atoms with Crippen LogP contribution in [0.1, 0.15) is 5.82 Å². The Kier molecular flexibility index (Phi) is 5.61. The molecule has 0 spiro atoms. The molecule has 0 aliphatic heterocycles. The van der Waals surface area contributed by atoms with Crippen molar-refractivity contribution in [3.05, 3.63) is 94.8 Å². The number of nitrogens with zero attached hydrogens (tertiary/aromatic N) is 2. The van der Waals surface area contributed by atoms with E-state index in [9.17, 15) is 14.0 Å². The smallest absolute Gasteiger partial charge is 0.319 e. The Morgan fingerprint density at radius 3 is 2.61 bits per heavy atom. The van der Waals surface area contributed by atoms with Crippen molar-refractivity contribution in [3.8, 4) is 11.4 Å². The van der Waals surface area contributed by atoms with E-state index in [0.29, 0.717) is 33.9 Å². The van der Waals surface area contributed by atoms with Gasteiger partial charge in [0.15, 0.2) is 0 Å². The van der Waals surface area contributed by atoms with E-state index in [4.69, 9.17) is 4.74 Å². The van der Waals surface area contributed by atoms with Crippen LogP contribution in [0.4, 0.5) is 14.9 Å². The van der Waals surface area contributed by atoms with Crippen LogP contribution in [0.15, 0.2) is 77.6 Å². The number of anilines is 1. The van der Waals surface area contributed by atoms with Crippen molar-refractivity contribution < 1.29 is 13.9 Å². The maximum atomic E-state index is 13.4. The Morgan fingerprint density at radius 2 is 1.84 bits per heavy atom. The van der Waals surface area contributed by atoms with Gasteiger partial charge in [0, 0.05) is 11.8 Å². The average Bonchev–Trinajstić information content (AvgIpc) is 2.79. The Bertz CT molecular complexity index is 1300. The molecule has 4 aromatic rings. The van der Waals surface area contributed by atoms with Gasteiger partial charge in [0.1, 0.15) is 17.4 Å². The van der Waals surface area contributed by atoms with Crippen molar-refractivity contribution in [2.75, 3.05) is 12.4 Å². The average molecular weight is 418 g/mol. The number of hydrogen-bond donors (Lipinski definition) is 2. The van der Waals surface area contributed by atoms with Gasteiger partial charge >= 0.3 is 6.03 Å². The summed E-state index contributed by atoms with van der Waals surface area (Å²) in [5.41, 5.74) is 1.21. The normalized spacial score (nSPS) is 10.6. The molecule has 0 atom stereocenters. The highest BCUT2D eigenvalue weighted by molar-refractivity contribution is 5.89. The van der Waals surface area contributed by atoms with E-state index in [0.717, 1.165) is 0 Å². The van der Waals surface area contributed by atoms with Crippen molar-refractivity contribution in [2.24, 2.45) is 0 Å². The first-order valence-corrected chi connectivity index (χ1v) is 9.50. The van der Waals surface area contributed by atoms with Crippen LogP contribution in [0.25, 0.3) is 16.6 Å². The van der Waals surface area contributed by atoms with E-state index in [-0.39, 0.29) is 12.1 Å². The number of carbonyl (C=O) groups is 1. The van der Waals surface area contributed by atoms with Crippen molar-refractivity contribution >= 4 is 22.6 Å². The molecule has 3 aromatic carbocycles.